The quantitative estimate of drug-likeness (QED) is 0.299. The number of para-hydroxylation sites is 1. The van der Waals surface area contributed by atoms with Crippen molar-refractivity contribution in [1.82, 2.24) is 14.8 Å². The van der Waals surface area contributed by atoms with Crippen LogP contribution in [-0.4, -0.2) is 76.0 Å². The first-order chi connectivity index (χ1) is 19.3. The molecule has 2 aromatic carbocycles. The third-order valence-electron chi connectivity index (χ3n) is 5.88. The van der Waals surface area contributed by atoms with Crippen LogP contribution in [0.4, 0.5) is 0 Å². The highest BCUT2D eigenvalue weighted by Gasteiger charge is 2.36. The van der Waals surface area contributed by atoms with Gasteiger partial charge in [-0.1, -0.05) is 41.6 Å². The van der Waals surface area contributed by atoms with Crippen LogP contribution in [0.5, 0.6) is 11.5 Å². The van der Waals surface area contributed by atoms with E-state index in [-0.39, 0.29) is 40.4 Å². The molecule has 41 heavy (non-hydrogen) atoms. The molecule has 0 radical (unpaired) electrons. The topological polar surface area (TPSA) is 147 Å². The molecule has 0 bridgehead atoms. The number of hydrogen-bond acceptors (Lipinski definition) is 9. The highest BCUT2D eigenvalue weighted by Crippen LogP contribution is 2.41. The lowest BCUT2D eigenvalue weighted by Gasteiger charge is -2.23. The minimum Gasteiger partial charge on any atom is -0.506 e. The standard InChI is InChI=1S/C28H29ClN4O6S2/c1-39-25-10-5-7-20(30-25)27-31-32-28(33(27)26-21(34)8-6-9-22(26)35)24(15-16-40(2,3)4)41(37,38)17-23(36)18-11-13-19(29)14-12-18/h6,8-16,23-24,34-36H,17H2,1-4H3/b16-15+/t23-,24?/m1/s1. The zero-order chi connectivity index (χ0) is 29.9. The Morgan fingerprint density at radius 1 is 1.07 bits per heavy atom. The van der Waals surface area contributed by atoms with Crippen molar-refractivity contribution in [2.24, 2.45) is 4.99 Å². The van der Waals surface area contributed by atoms with Gasteiger partial charge in [-0.15, -0.1) is 10.2 Å². The summed E-state index contributed by atoms with van der Waals surface area (Å²) in [7, 11) is -4.12. The highest BCUT2D eigenvalue weighted by molar-refractivity contribution is 8.34. The Kier molecular flexibility index (Phi) is 8.84. The van der Waals surface area contributed by atoms with E-state index in [4.69, 9.17) is 16.3 Å². The summed E-state index contributed by atoms with van der Waals surface area (Å²) in [5.74, 6) is -1.36. The normalized spacial score (nSPS) is 15.5. The summed E-state index contributed by atoms with van der Waals surface area (Å²) in [6.07, 6.45) is 7.51. The molecule has 216 valence electrons. The van der Waals surface area contributed by atoms with Crippen LogP contribution in [0.2, 0.25) is 5.02 Å². The van der Waals surface area contributed by atoms with Gasteiger partial charge in [0.1, 0.15) is 22.4 Å². The Labute approximate surface area is 244 Å². The number of rotatable bonds is 9. The van der Waals surface area contributed by atoms with Gasteiger partial charge in [0.15, 0.2) is 27.2 Å². The van der Waals surface area contributed by atoms with E-state index in [2.05, 4.69) is 26.7 Å². The van der Waals surface area contributed by atoms with Gasteiger partial charge in [0.05, 0.1) is 25.0 Å². The lowest BCUT2D eigenvalue weighted by atomic mass is 10.1. The van der Waals surface area contributed by atoms with Gasteiger partial charge < -0.3 is 20.1 Å². The zero-order valence-electron chi connectivity index (χ0n) is 22.7. The van der Waals surface area contributed by atoms with Gasteiger partial charge >= 0.3 is 0 Å². The molecule has 2 atom stereocenters. The first-order valence-corrected chi connectivity index (χ1v) is 17.1. The second kappa shape index (κ2) is 12.0. The van der Waals surface area contributed by atoms with E-state index >= 15 is 0 Å². The third-order valence-corrected chi connectivity index (χ3v) is 9.03. The van der Waals surface area contributed by atoms with Crippen LogP contribution >= 0.6 is 21.6 Å². The second-order valence-corrected chi connectivity index (χ2v) is 16.6. The number of aliphatic hydroxyl groups is 1. The van der Waals surface area contributed by atoms with Crippen LogP contribution in [-0.2, 0) is 14.6 Å². The van der Waals surface area contributed by atoms with Gasteiger partial charge in [-0.25, -0.2) is 23.4 Å². The Bertz CT molecular complexity index is 1710. The first kappa shape index (κ1) is 30.2. The van der Waals surface area contributed by atoms with E-state index in [1.54, 1.807) is 29.7 Å². The van der Waals surface area contributed by atoms with Crippen LogP contribution in [0.15, 0.2) is 76.5 Å². The molecule has 4 rings (SSSR count). The molecule has 0 saturated heterocycles. The Morgan fingerprint density at radius 3 is 2.34 bits per heavy atom. The molecule has 0 aliphatic carbocycles. The third kappa shape index (κ3) is 6.94. The molecule has 1 aliphatic rings. The Morgan fingerprint density at radius 2 is 1.73 bits per heavy atom. The Hall–Kier alpha value is -3.76. The number of benzene rings is 2. The van der Waals surface area contributed by atoms with Gasteiger partial charge in [0.2, 0.25) is 5.90 Å². The molecule has 1 aliphatic heterocycles. The maximum atomic E-state index is 14.0. The molecule has 13 heteroatoms. The fraction of sp³-hybridized carbons (Fsp3) is 0.250. The van der Waals surface area contributed by atoms with Gasteiger partial charge in [-0.2, -0.15) is 0 Å². The van der Waals surface area contributed by atoms with E-state index in [1.807, 2.05) is 18.8 Å². The minimum absolute atomic E-state index is 0.0260. The summed E-state index contributed by atoms with van der Waals surface area (Å²) in [4.78, 5) is 4.31. The number of aromatic hydroxyl groups is 2. The van der Waals surface area contributed by atoms with E-state index in [0.29, 0.717) is 10.6 Å². The number of aliphatic hydroxyl groups excluding tert-OH is 1. The van der Waals surface area contributed by atoms with Crippen LogP contribution in [0, 0.1) is 0 Å². The summed E-state index contributed by atoms with van der Waals surface area (Å²) >= 11 is 5.95. The molecule has 0 fully saturated rings. The lowest BCUT2D eigenvalue weighted by molar-refractivity contribution is 0.201. The van der Waals surface area contributed by atoms with E-state index < -0.39 is 37.0 Å². The number of sulfone groups is 1. The van der Waals surface area contributed by atoms with Crippen molar-refractivity contribution in [3.8, 4) is 17.2 Å². The molecule has 10 nitrogen and oxygen atoms in total. The average molecular weight is 617 g/mol. The largest absolute Gasteiger partial charge is 0.506 e. The molecule has 0 amide bonds. The zero-order valence-corrected chi connectivity index (χ0v) is 25.1. The molecule has 1 aromatic heterocycles. The van der Waals surface area contributed by atoms with Crippen molar-refractivity contribution in [1.29, 1.82) is 0 Å². The van der Waals surface area contributed by atoms with Crippen molar-refractivity contribution in [2.45, 2.75) is 11.4 Å². The fourth-order valence-electron chi connectivity index (χ4n) is 3.93. The number of hydrogen-bond donors (Lipinski definition) is 3. The van der Waals surface area contributed by atoms with Gasteiger partial charge in [0, 0.05) is 5.02 Å². The highest BCUT2D eigenvalue weighted by atomic mass is 35.5. The summed E-state index contributed by atoms with van der Waals surface area (Å²) in [5, 5.41) is 41.7. The fourth-order valence-corrected chi connectivity index (χ4v) is 6.41. The average Bonchev–Trinajstić information content (AvgIpc) is 3.32. The van der Waals surface area contributed by atoms with Crippen LogP contribution in [0.3, 0.4) is 0 Å². The molecule has 3 N–H and O–H groups in total. The summed E-state index contributed by atoms with van der Waals surface area (Å²) in [6, 6.07) is 10.3. The van der Waals surface area contributed by atoms with Crippen molar-refractivity contribution < 1.29 is 28.5 Å². The second-order valence-electron chi connectivity index (χ2n) is 9.86. The lowest BCUT2D eigenvalue weighted by Crippen LogP contribution is -2.23. The SMILES string of the molecule is COC1=NC(c2nnc(C(/C=C/S(C)(C)C)S(=O)(=O)C[C@@H](O)c3ccc(Cl)cc3)n2-c2c(O)cccc2O)=C=C=C1. The molecule has 0 spiro atoms. The molecule has 3 aromatic rings. The molecule has 2 heterocycles. The molecule has 0 saturated carbocycles. The molecular weight excluding hydrogens is 588 g/mol. The number of nitrogens with zero attached hydrogens (tertiary/aromatic N) is 4. The summed E-state index contributed by atoms with van der Waals surface area (Å²) in [5.41, 5.74) is 5.85. The number of aromatic nitrogens is 3. The van der Waals surface area contributed by atoms with Gasteiger partial charge in [-0.3, -0.25) is 4.57 Å². The smallest absolute Gasteiger partial charge is 0.222 e. The number of halogens is 1. The summed E-state index contributed by atoms with van der Waals surface area (Å²) in [6.45, 7) is 0. The van der Waals surface area contributed by atoms with E-state index in [1.165, 1.54) is 42.0 Å². The predicted molar refractivity (Wildman–Crippen MR) is 162 cm³/mol. The van der Waals surface area contributed by atoms with E-state index in [9.17, 15) is 23.7 Å². The maximum absolute atomic E-state index is 14.0. The van der Waals surface area contributed by atoms with Crippen LogP contribution < -0.4 is 0 Å². The number of phenolic OH excluding ortho intramolecular Hbond substituents is 2. The van der Waals surface area contributed by atoms with Crippen LogP contribution in [0.25, 0.3) is 11.4 Å². The van der Waals surface area contributed by atoms with Crippen LogP contribution in [0.1, 0.15) is 28.6 Å². The van der Waals surface area contributed by atoms with Crippen molar-refractivity contribution >= 4 is 43.1 Å². The molecule has 1 unspecified atom stereocenters. The predicted octanol–water partition coefficient (Wildman–Crippen LogP) is 4.44. The number of phenols is 2. The van der Waals surface area contributed by atoms with E-state index in [0.717, 1.165) is 0 Å². The monoisotopic (exact) mass is 616 g/mol. The Balaban J connectivity index is 1.95. The van der Waals surface area contributed by atoms with Crippen molar-refractivity contribution in [3.05, 3.63) is 93.7 Å². The van der Waals surface area contributed by atoms with Gasteiger partial charge in [0.25, 0.3) is 0 Å². The number of aliphatic imine (C=N–C) groups is 1. The number of methoxy groups -OCH3 is 1. The maximum Gasteiger partial charge on any atom is 0.222 e. The molecular formula is C28H29ClN4O6S2. The minimum atomic E-state index is -4.20. The number of ether oxygens (including phenoxy) is 1. The van der Waals surface area contributed by atoms with Crippen molar-refractivity contribution in [3.63, 3.8) is 0 Å². The van der Waals surface area contributed by atoms with Crippen molar-refractivity contribution in [2.75, 3.05) is 31.6 Å². The first-order valence-electron chi connectivity index (χ1n) is 12.1. The van der Waals surface area contributed by atoms with Gasteiger partial charge in [-0.05, 0) is 59.7 Å². The summed E-state index contributed by atoms with van der Waals surface area (Å²) < 4.78 is 34.4.